The van der Waals surface area contributed by atoms with Crippen molar-refractivity contribution in [3.8, 4) is 0 Å². The maximum absolute atomic E-state index is 10.4. The Balaban J connectivity index is 2.16. The molecule has 0 aliphatic rings. The minimum atomic E-state index is -0.533. The van der Waals surface area contributed by atoms with E-state index in [4.69, 9.17) is 11.6 Å². The number of hydrogen-bond acceptors (Lipinski definition) is 2. The van der Waals surface area contributed by atoms with E-state index >= 15 is 0 Å². The number of aliphatic hydroxyl groups excluding tert-OH is 1. The lowest BCUT2D eigenvalue weighted by molar-refractivity contribution is 0.167. The summed E-state index contributed by atoms with van der Waals surface area (Å²) in [6.45, 7) is 4.87. The maximum Gasteiger partial charge on any atom is 0.0996 e. The van der Waals surface area contributed by atoms with E-state index in [1.165, 1.54) is 0 Å². The van der Waals surface area contributed by atoms with E-state index in [0.29, 0.717) is 11.4 Å². The van der Waals surface area contributed by atoms with Crippen LogP contribution in [0.1, 0.15) is 36.9 Å². The average Bonchev–Trinajstić information content (AvgIpc) is 2.85. The van der Waals surface area contributed by atoms with Gasteiger partial charge in [0.2, 0.25) is 0 Å². The molecule has 2 aromatic rings. The normalized spacial score (nSPS) is 12.6. The Kier molecular flexibility index (Phi) is 4.61. The molecule has 102 valence electrons. The van der Waals surface area contributed by atoms with Crippen LogP contribution in [0.25, 0.3) is 0 Å². The first-order valence-corrected chi connectivity index (χ1v) is 7.01. The van der Waals surface area contributed by atoms with Gasteiger partial charge in [-0.1, -0.05) is 30.7 Å². The highest BCUT2D eigenvalue weighted by Crippen LogP contribution is 2.21. The molecule has 1 heterocycles. The molecular weight excluding hydrogens is 260 g/mol. The monoisotopic (exact) mass is 278 g/mol. The van der Waals surface area contributed by atoms with Gasteiger partial charge < -0.3 is 5.11 Å². The summed E-state index contributed by atoms with van der Waals surface area (Å²) in [6.07, 6.45) is 0.925. The van der Waals surface area contributed by atoms with Crippen molar-refractivity contribution in [2.24, 2.45) is 0 Å². The van der Waals surface area contributed by atoms with Crippen LogP contribution in [0.15, 0.2) is 30.3 Å². The Morgan fingerprint density at radius 1 is 1.26 bits per heavy atom. The van der Waals surface area contributed by atoms with Crippen molar-refractivity contribution < 1.29 is 5.11 Å². The molecule has 0 fully saturated rings. The predicted molar refractivity (Wildman–Crippen MR) is 77.4 cm³/mol. The first-order chi connectivity index (χ1) is 9.13. The third-order valence-electron chi connectivity index (χ3n) is 3.21. The van der Waals surface area contributed by atoms with Crippen LogP contribution in [0.5, 0.6) is 0 Å². The molecule has 0 aliphatic carbocycles. The van der Waals surface area contributed by atoms with E-state index in [0.717, 1.165) is 29.9 Å². The molecule has 1 atom stereocenters. The second-order valence-corrected chi connectivity index (χ2v) is 5.01. The third-order valence-corrected chi connectivity index (χ3v) is 3.46. The van der Waals surface area contributed by atoms with Gasteiger partial charge in [0.05, 0.1) is 17.5 Å². The zero-order valence-electron chi connectivity index (χ0n) is 11.3. The molecule has 19 heavy (non-hydrogen) atoms. The number of halogens is 1. The van der Waals surface area contributed by atoms with E-state index in [2.05, 4.69) is 12.0 Å². The van der Waals surface area contributed by atoms with Crippen LogP contribution in [0, 0.1) is 0 Å². The molecule has 0 amide bonds. The molecule has 1 aromatic heterocycles. The molecule has 1 aromatic carbocycles. The Morgan fingerprint density at radius 2 is 1.95 bits per heavy atom. The van der Waals surface area contributed by atoms with Gasteiger partial charge >= 0.3 is 0 Å². The van der Waals surface area contributed by atoms with Crippen molar-refractivity contribution in [3.05, 3.63) is 52.3 Å². The number of aromatic nitrogens is 2. The molecule has 4 heteroatoms. The molecule has 0 spiro atoms. The summed E-state index contributed by atoms with van der Waals surface area (Å²) < 4.78 is 1.87. The summed E-state index contributed by atoms with van der Waals surface area (Å²) in [4.78, 5) is 0. The summed E-state index contributed by atoms with van der Waals surface area (Å²) in [6, 6.07) is 9.57. The molecule has 1 unspecified atom stereocenters. The van der Waals surface area contributed by atoms with Crippen LogP contribution in [0.2, 0.25) is 5.02 Å². The molecule has 0 bridgehead atoms. The van der Waals surface area contributed by atoms with Crippen molar-refractivity contribution in [1.29, 1.82) is 0 Å². The number of nitrogens with zero attached hydrogens (tertiary/aromatic N) is 2. The van der Waals surface area contributed by atoms with Crippen molar-refractivity contribution in [2.45, 2.75) is 39.3 Å². The number of rotatable bonds is 5. The van der Waals surface area contributed by atoms with Crippen molar-refractivity contribution in [3.63, 3.8) is 0 Å². The fourth-order valence-corrected chi connectivity index (χ4v) is 2.26. The average molecular weight is 279 g/mol. The van der Waals surface area contributed by atoms with E-state index in [-0.39, 0.29) is 0 Å². The van der Waals surface area contributed by atoms with Gasteiger partial charge in [0.1, 0.15) is 0 Å². The zero-order chi connectivity index (χ0) is 13.8. The smallest absolute Gasteiger partial charge is 0.0996 e. The van der Waals surface area contributed by atoms with Gasteiger partial charge in [0.25, 0.3) is 0 Å². The van der Waals surface area contributed by atoms with E-state index < -0.39 is 6.10 Å². The Morgan fingerprint density at radius 3 is 2.53 bits per heavy atom. The Hall–Kier alpha value is -1.32. The number of benzene rings is 1. The second-order valence-electron chi connectivity index (χ2n) is 4.58. The number of hydrogen-bond donors (Lipinski definition) is 1. The van der Waals surface area contributed by atoms with E-state index in [1.54, 1.807) is 0 Å². The van der Waals surface area contributed by atoms with Gasteiger partial charge in [0, 0.05) is 18.0 Å². The molecule has 2 rings (SSSR count). The van der Waals surface area contributed by atoms with Gasteiger partial charge in [0.15, 0.2) is 0 Å². The largest absolute Gasteiger partial charge is 0.386 e. The SMILES string of the molecule is CCc1cc(C(O)Cc2ccc(Cl)cc2)n(CC)n1. The van der Waals surface area contributed by atoms with Gasteiger partial charge in [-0.05, 0) is 37.1 Å². The molecule has 0 saturated heterocycles. The van der Waals surface area contributed by atoms with E-state index in [1.807, 2.05) is 41.9 Å². The first-order valence-electron chi connectivity index (χ1n) is 6.63. The molecule has 0 aliphatic heterocycles. The maximum atomic E-state index is 10.4. The highest BCUT2D eigenvalue weighted by Gasteiger charge is 2.15. The standard InChI is InChI=1S/C15H19ClN2O/c1-3-13-10-14(18(4-2)17-13)15(19)9-11-5-7-12(16)8-6-11/h5-8,10,15,19H,3-4,9H2,1-2H3. The van der Waals surface area contributed by atoms with Gasteiger partial charge in [-0.25, -0.2) is 0 Å². The van der Waals surface area contributed by atoms with Crippen LogP contribution in [-0.4, -0.2) is 14.9 Å². The van der Waals surface area contributed by atoms with E-state index in [9.17, 15) is 5.11 Å². The lowest BCUT2D eigenvalue weighted by Crippen LogP contribution is -2.10. The lowest BCUT2D eigenvalue weighted by atomic mass is 10.1. The minimum Gasteiger partial charge on any atom is -0.386 e. The first kappa shape index (κ1) is 14.1. The minimum absolute atomic E-state index is 0.533. The van der Waals surface area contributed by atoms with Crippen molar-refractivity contribution in [1.82, 2.24) is 9.78 Å². The summed E-state index contributed by atoms with van der Waals surface area (Å²) in [7, 11) is 0. The Labute approximate surface area is 118 Å². The number of aryl methyl sites for hydroxylation is 2. The molecule has 1 N–H and O–H groups in total. The summed E-state index contributed by atoms with van der Waals surface area (Å²) in [5.41, 5.74) is 2.97. The van der Waals surface area contributed by atoms with Crippen molar-refractivity contribution >= 4 is 11.6 Å². The summed E-state index contributed by atoms with van der Waals surface area (Å²) in [5.74, 6) is 0. The second kappa shape index (κ2) is 6.22. The number of aliphatic hydroxyl groups is 1. The Bertz CT molecular complexity index is 534. The van der Waals surface area contributed by atoms with Crippen LogP contribution in [-0.2, 0) is 19.4 Å². The molecular formula is C15H19ClN2O. The predicted octanol–water partition coefficient (Wildman–Crippen LogP) is 3.39. The van der Waals surface area contributed by atoms with Crippen LogP contribution < -0.4 is 0 Å². The van der Waals surface area contributed by atoms with Crippen molar-refractivity contribution in [2.75, 3.05) is 0 Å². The van der Waals surface area contributed by atoms with Crippen LogP contribution in [0.4, 0.5) is 0 Å². The fourth-order valence-electron chi connectivity index (χ4n) is 2.13. The van der Waals surface area contributed by atoms with Crippen LogP contribution in [0.3, 0.4) is 0 Å². The van der Waals surface area contributed by atoms with Crippen LogP contribution >= 0.6 is 11.6 Å². The summed E-state index contributed by atoms with van der Waals surface area (Å²) >= 11 is 5.86. The fraction of sp³-hybridized carbons (Fsp3) is 0.400. The van der Waals surface area contributed by atoms with Gasteiger partial charge in [-0.3, -0.25) is 4.68 Å². The highest BCUT2D eigenvalue weighted by molar-refractivity contribution is 6.30. The zero-order valence-corrected chi connectivity index (χ0v) is 12.1. The topological polar surface area (TPSA) is 38.0 Å². The molecule has 3 nitrogen and oxygen atoms in total. The van der Waals surface area contributed by atoms with Gasteiger partial charge in [-0.15, -0.1) is 0 Å². The lowest BCUT2D eigenvalue weighted by Gasteiger charge is -2.12. The summed E-state index contributed by atoms with van der Waals surface area (Å²) in [5, 5.41) is 15.5. The third kappa shape index (κ3) is 3.37. The molecule has 0 radical (unpaired) electrons. The quantitative estimate of drug-likeness (QED) is 0.910. The molecule has 0 saturated carbocycles. The highest BCUT2D eigenvalue weighted by atomic mass is 35.5. The van der Waals surface area contributed by atoms with Gasteiger partial charge in [-0.2, -0.15) is 5.10 Å².